The van der Waals surface area contributed by atoms with Crippen LogP contribution in [0.15, 0.2) is 30.5 Å². The molecule has 0 bridgehead atoms. The molecule has 0 radical (unpaired) electrons. The van der Waals surface area contributed by atoms with Gasteiger partial charge in [0.15, 0.2) is 0 Å². The molecule has 0 aromatic carbocycles. The van der Waals surface area contributed by atoms with E-state index in [1.807, 2.05) is 37.4 Å². The minimum atomic E-state index is -0.357. The Morgan fingerprint density at radius 1 is 1.32 bits per heavy atom. The first-order valence-electron chi connectivity index (χ1n) is 6.78. The molecule has 1 aliphatic carbocycles. The van der Waals surface area contributed by atoms with Gasteiger partial charge in [0, 0.05) is 23.1 Å². The zero-order valence-corrected chi connectivity index (χ0v) is 11.7. The lowest BCUT2D eigenvalue weighted by atomic mass is 9.75. The summed E-state index contributed by atoms with van der Waals surface area (Å²) in [6.45, 7) is 6.42. The second-order valence-corrected chi connectivity index (χ2v) is 6.29. The fourth-order valence-electron chi connectivity index (χ4n) is 3.01. The van der Waals surface area contributed by atoms with Crippen LogP contribution < -0.4 is 0 Å². The van der Waals surface area contributed by atoms with Crippen molar-refractivity contribution in [2.45, 2.75) is 39.7 Å². The van der Waals surface area contributed by atoms with Crippen LogP contribution in [0.3, 0.4) is 0 Å². The van der Waals surface area contributed by atoms with Crippen LogP contribution in [0.4, 0.5) is 0 Å². The lowest BCUT2D eigenvalue weighted by Crippen LogP contribution is -2.26. The third-order valence-electron chi connectivity index (χ3n) is 3.90. The van der Waals surface area contributed by atoms with E-state index in [0.29, 0.717) is 0 Å². The Hall–Kier alpha value is -1.61. The minimum Gasteiger partial charge on any atom is -0.388 e. The summed E-state index contributed by atoms with van der Waals surface area (Å²) < 4.78 is 2.12. The molecule has 2 aromatic rings. The summed E-state index contributed by atoms with van der Waals surface area (Å²) >= 11 is 0. The van der Waals surface area contributed by atoms with E-state index in [-0.39, 0.29) is 11.5 Å². The van der Waals surface area contributed by atoms with Crippen molar-refractivity contribution in [1.29, 1.82) is 0 Å². The number of aliphatic hydroxyl groups excluding tert-OH is 1. The van der Waals surface area contributed by atoms with Crippen LogP contribution in [0.25, 0.3) is 5.82 Å². The molecule has 0 spiro atoms. The molecule has 1 atom stereocenters. The summed E-state index contributed by atoms with van der Waals surface area (Å²) in [6.07, 6.45) is 3.47. The molecular formula is C16H20N2O. The average molecular weight is 256 g/mol. The summed E-state index contributed by atoms with van der Waals surface area (Å²) in [5, 5.41) is 10.3. The van der Waals surface area contributed by atoms with Crippen molar-refractivity contribution < 1.29 is 5.11 Å². The monoisotopic (exact) mass is 256 g/mol. The van der Waals surface area contributed by atoms with Crippen molar-refractivity contribution in [2.24, 2.45) is 5.41 Å². The van der Waals surface area contributed by atoms with Crippen LogP contribution in [0, 0.1) is 12.3 Å². The van der Waals surface area contributed by atoms with Crippen molar-refractivity contribution in [3.8, 4) is 5.82 Å². The molecule has 3 rings (SSSR count). The summed E-state index contributed by atoms with van der Waals surface area (Å²) in [4.78, 5) is 4.58. The molecule has 0 amide bonds. The second-order valence-electron chi connectivity index (χ2n) is 6.29. The number of hydrogen-bond acceptors (Lipinski definition) is 2. The minimum absolute atomic E-state index is 0.131. The topological polar surface area (TPSA) is 38.0 Å². The molecule has 0 saturated carbocycles. The van der Waals surface area contributed by atoms with E-state index >= 15 is 0 Å². The number of nitrogens with zero attached hydrogens (tertiary/aromatic N) is 2. The Labute approximate surface area is 113 Å². The van der Waals surface area contributed by atoms with Crippen LogP contribution >= 0.6 is 0 Å². The summed E-state index contributed by atoms with van der Waals surface area (Å²) in [7, 11) is 0. The smallest absolute Gasteiger partial charge is 0.137 e. The molecular weight excluding hydrogens is 236 g/mol. The maximum Gasteiger partial charge on any atom is 0.137 e. The van der Waals surface area contributed by atoms with Crippen molar-refractivity contribution in [2.75, 3.05) is 0 Å². The summed E-state index contributed by atoms with van der Waals surface area (Å²) in [5.74, 6) is 0.936. The highest BCUT2D eigenvalue weighted by Crippen LogP contribution is 2.41. The second kappa shape index (κ2) is 4.20. The molecule has 3 heteroatoms. The van der Waals surface area contributed by atoms with E-state index in [9.17, 15) is 5.11 Å². The Morgan fingerprint density at radius 2 is 2.11 bits per heavy atom. The van der Waals surface area contributed by atoms with Crippen LogP contribution in [-0.2, 0) is 6.42 Å². The summed E-state index contributed by atoms with van der Waals surface area (Å²) in [6, 6.07) is 8.06. The quantitative estimate of drug-likeness (QED) is 0.851. The number of aliphatic hydroxyl groups is 1. The predicted molar refractivity (Wildman–Crippen MR) is 75.4 cm³/mol. The van der Waals surface area contributed by atoms with Gasteiger partial charge in [0.2, 0.25) is 0 Å². The lowest BCUT2D eigenvalue weighted by Gasteiger charge is -2.33. The molecule has 1 unspecified atom stereocenters. The maximum atomic E-state index is 10.3. The van der Waals surface area contributed by atoms with E-state index in [2.05, 4.69) is 23.4 Å². The average Bonchev–Trinajstić information content (AvgIpc) is 2.71. The van der Waals surface area contributed by atoms with Crippen LogP contribution in [0.1, 0.15) is 43.3 Å². The van der Waals surface area contributed by atoms with E-state index in [1.54, 1.807) is 0 Å². The van der Waals surface area contributed by atoms with Crippen molar-refractivity contribution in [1.82, 2.24) is 9.55 Å². The standard InChI is InChI=1S/C16H20N2O/c1-11-5-4-6-15(17-11)18-8-7-12-13(18)9-16(2,3)10-14(12)19/h4-8,14,19H,9-10H2,1-3H3. The van der Waals surface area contributed by atoms with Gasteiger partial charge in [0.05, 0.1) is 6.10 Å². The van der Waals surface area contributed by atoms with Crippen molar-refractivity contribution >= 4 is 0 Å². The van der Waals surface area contributed by atoms with Crippen LogP contribution in [0.5, 0.6) is 0 Å². The number of pyridine rings is 1. The third kappa shape index (κ3) is 2.19. The molecule has 1 aliphatic rings. The van der Waals surface area contributed by atoms with Gasteiger partial charge in [0.25, 0.3) is 0 Å². The fourth-order valence-corrected chi connectivity index (χ4v) is 3.01. The Morgan fingerprint density at radius 3 is 2.84 bits per heavy atom. The van der Waals surface area contributed by atoms with Gasteiger partial charge < -0.3 is 9.67 Å². The number of aryl methyl sites for hydroxylation is 1. The van der Waals surface area contributed by atoms with Gasteiger partial charge in [-0.15, -0.1) is 0 Å². The summed E-state index contributed by atoms with van der Waals surface area (Å²) in [5.41, 5.74) is 3.40. The normalized spacial score (nSPS) is 21.2. The molecule has 0 saturated heterocycles. The van der Waals surface area contributed by atoms with Gasteiger partial charge in [0.1, 0.15) is 5.82 Å². The zero-order valence-electron chi connectivity index (χ0n) is 11.7. The Bertz CT molecular complexity index is 613. The van der Waals surface area contributed by atoms with Crippen molar-refractivity contribution in [3.05, 3.63) is 47.4 Å². The fraction of sp³-hybridized carbons (Fsp3) is 0.438. The highest BCUT2D eigenvalue weighted by molar-refractivity contribution is 5.37. The van der Waals surface area contributed by atoms with E-state index in [1.165, 1.54) is 5.69 Å². The Kier molecular flexibility index (Phi) is 2.75. The largest absolute Gasteiger partial charge is 0.388 e. The molecule has 2 aromatic heterocycles. The molecule has 1 N–H and O–H groups in total. The van der Waals surface area contributed by atoms with Gasteiger partial charge in [-0.25, -0.2) is 4.98 Å². The highest BCUT2D eigenvalue weighted by Gasteiger charge is 2.33. The number of aromatic nitrogens is 2. The lowest BCUT2D eigenvalue weighted by molar-refractivity contribution is 0.0986. The maximum absolute atomic E-state index is 10.3. The van der Waals surface area contributed by atoms with E-state index in [0.717, 1.165) is 29.9 Å². The van der Waals surface area contributed by atoms with Gasteiger partial charge >= 0.3 is 0 Å². The van der Waals surface area contributed by atoms with Gasteiger partial charge in [-0.3, -0.25) is 0 Å². The molecule has 2 heterocycles. The SMILES string of the molecule is Cc1cccc(-n2ccc3c2CC(C)(C)CC3O)n1. The number of hydrogen-bond donors (Lipinski definition) is 1. The van der Waals surface area contributed by atoms with Crippen LogP contribution in [0.2, 0.25) is 0 Å². The first kappa shape index (κ1) is 12.4. The van der Waals surface area contributed by atoms with Gasteiger partial charge in [-0.05, 0) is 43.4 Å². The van der Waals surface area contributed by atoms with E-state index in [4.69, 9.17) is 0 Å². The van der Waals surface area contributed by atoms with E-state index < -0.39 is 0 Å². The van der Waals surface area contributed by atoms with Gasteiger partial charge in [-0.1, -0.05) is 19.9 Å². The Balaban J connectivity index is 2.11. The predicted octanol–water partition coefficient (Wildman–Crippen LogP) is 3.19. The number of rotatable bonds is 1. The molecule has 100 valence electrons. The first-order valence-corrected chi connectivity index (χ1v) is 6.78. The number of fused-ring (bicyclic) bond motifs is 1. The van der Waals surface area contributed by atoms with Crippen molar-refractivity contribution in [3.63, 3.8) is 0 Å². The molecule has 3 nitrogen and oxygen atoms in total. The molecule has 0 fully saturated rings. The third-order valence-corrected chi connectivity index (χ3v) is 3.90. The highest BCUT2D eigenvalue weighted by atomic mass is 16.3. The molecule has 0 aliphatic heterocycles. The zero-order chi connectivity index (χ0) is 13.6. The first-order chi connectivity index (χ1) is 8.96. The molecule has 19 heavy (non-hydrogen) atoms. The van der Waals surface area contributed by atoms with Gasteiger partial charge in [-0.2, -0.15) is 0 Å². The van der Waals surface area contributed by atoms with Crippen LogP contribution in [-0.4, -0.2) is 14.7 Å².